The number of rotatable bonds is 7. The van der Waals surface area contributed by atoms with E-state index in [1.807, 2.05) is 31.2 Å². The fourth-order valence-electron chi connectivity index (χ4n) is 2.60. The summed E-state index contributed by atoms with van der Waals surface area (Å²) in [5, 5.41) is 6.58. The minimum absolute atomic E-state index is 0.0738. The highest BCUT2D eigenvalue weighted by Gasteiger charge is 2.20. The van der Waals surface area contributed by atoms with Crippen molar-refractivity contribution in [2.75, 3.05) is 20.6 Å². The summed E-state index contributed by atoms with van der Waals surface area (Å²) in [4.78, 5) is 4.88. The summed E-state index contributed by atoms with van der Waals surface area (Å²) in [6.45, 7) is 5.03. The lowest BCUT2D eigenvalue weighted by molar-refractivity contribution is 0.519. The van der Waals surface area contributed by atoms with Gasteiger partial charge < -0.3 is 10.6 Å². The van der Waals surface area contributed by atoms with E-state index in [1.165, 1.54) is 18.4 Å². The molecule has 2 aromatic rings. The maximum Gasteiger partial charge on any atom is 0.242 e. The number of nitrogens with zero attached hydrogens (tertiary/aromatic N) is 2. The van der Waals surface area contributed by atoms with Crippen LogP contribution in [-0.2, 0) is 16.6 Å². The normalized spacial score (nSPS) is 13.4. The highest BCUT2D eigenvalue weighted by Crippen LogP contribution is 2.19. The Balaban J connectivity index is 2.23. The fourth-order valence-corrected chi connectivity index (χ4v) is 3.71. The summed E-state index contributed by atoms with van der Waals surface area (Å²) in [5.41, 5.74) is 1.81. The van der Waals surface area contributed by atoms with Gasteiger partial charge in [-0.25, -0.2) is 17.7 Å². The molecule has 0 aliphatic carbocycles. The second-order valence-corrected chi connectivity index (χ2v) is 8.49. The topological polar surface area (TPSA) is 73.8 Å². The van der Waals surface area contributed by atoms with Crippen LogP contribution in [0.1, 0.15) is 31.0 Å². The molecule has 0 fully saturated rings. The zero-order valence-electron chi connectivity index (χ0n) is 16.3. The molecule has 2 aromatic carbocycles. The van der Waals surface area contributed by atoms with Crippen molar-refractivity contribution >= 4 is 16.0 Å². The van der Waals surface area contributed by atoms with E-state index in [9.17, 15) is 8.42 Å². The predicted octanol–water partition coefficient (Wildman–Crippen LogP) is 2.75. The van der Waals surface area contributed by atoms with Crippen molar-refractivity contribution in [3.63, 3.8) is 0 Å². The SMILES string of the molecule is CCNC(=NCc1ccccc1S(=O)(=O)N(C)C)NC(C)c1ccccc1. The highest BCUT2D eigenvalue weighted by molar-refractivity contribution is 7.89. The van der Waals surface area contributed by atoms with Crippen molar-refractivity contribution in [2.24, 2.45) is 4.99 Å². The number of sulfonamides is 1. The molecule has 0 spiro atoms. The molecule has 2 rings (SSSR count). The van der Waals surface area contributed by atoms with Gasteiger partial charge >= 0.3 is 0 Å². The number of aliphatic imine (C=N–C) groups is 1. The largest absolute Gasteiger partial charge is 0.357 e. The van der Waals surface area contributed by atoms with E-state index in [-0.39, 0.29) is 17.5 Å². The Labute approximate surface area is 162 Å². The average molecular weight is 389 g/mol. The second-order valence-electron chi connectivity index (χ2n) is 6.37. The van der Waals surface area contributed by atoms with Crippen molar-refractivity contribution in [3.8, 4) is 0 Å². The first-order chi connectivity index (χ1) is 12.9. The van der Waals surface area contributed by atoms with Crippen molar-refractivity contribution in [1.29, 1.82) is 0 Å². The Hall–Kier alpha value is -2.38. The van der Waals surface area contributed by atoms with Gasteiger partial charge in [0, 0.05) is 20.6 Å². The molecule has 1 unspecified atom stereocenters. The van der Waals surface area contributed by atoms with Crippen LogP contribution < -0.4 is 10.6 Å². The first-order valence-electron chi connectivity index (χ1n) is 8.96. The smallest absolute Gasteiger partial charge is 0.242 e. The van der Waals surface area contributed by atoms with Gasteiger partial charge in [-0.2, -0.15) is 0 Å². The van der Waals surface area contributed by atoms with E-state index in [0.29, 0.717) is 18.1 Å². The molecule has 0 saturated carbocycles. The maximum absolute atomic E-state index is 12.5. The Bertz CT molecular complexity index is 865. The van der Waals surface area contributed by atoms with Crippen LogP contribution in [0, 0.1) is 0 Å². The summed E-state index contributed by atoms with van der Waals surface area (Å²) in [6.07, 6.45) is 0. The summed E-state index contributed by atoms with van der Waals surface area (Å²) >= 11 is 0. The lowest BCUT2D eigenvalue weighted by Gasteiger charge is -2.19. The average Bonchev–Trinajstić information content (AvgIpc) is 2.67. The van der Waals surface area contributed by atoms with Crippen LogP contribution in [0.2, 0.25) is 0 Å². The molecule has 7 heteroatoms. The Morgan fingerprint density at radius 3 is 2.33 bits per heavy atom. The molecule has 0 bridgehead atoms. The van der Waals surface area contributed by atoms with Gasteiger partial charge in [-0.05, 0) is 31.0 Å². The van der Waals surface area contributed by atoms with Crippen LogP contribution in [-0.4, -0.2) is 39.3 Å². The lowest BCUT2D eigenvalue weighted by Crippen LogP contribution is -2.38. The monoisotopic (exact) mass is 388 g/mol. The quantitative estimate of drug-likeness (QED) is 0.565. The Morgan fingerprint density at radius 2 is 1.70 bits per heavy atom. The van der Waals surface area contributed by atoms with Crippen LogP contribution >= 0.6 is 0 Å². The van der Waals surface area contributed by atoms with Gasteiger partial charge in [0.05, 0.1) is 17.5 Å². The lowest BCUT2D eigenvalue weighted by atomic mass is 10.1. The van der Waals surface area contributed by atoms with Crippen molar-refractivity contribution in [1.82, 2.24) is 14.9 Å². The highest BCUT2D eigenvalue weighted by atomic mass is 32.2. The van der Waals surface area contributed by atoms with Crippen molar-refractivity contribution in [3.05, 3.63) is 65.7 Å². The molecule has 0 saturated heterocycles. The third-order valence-corrected chi connectivity index (χ3v) is 6.05. The molecule has 0 amide bonds. The zero-order valence-corrected chi connectivity index (χ0v) is 17.1. The zero-order chi connectivity index (χ0) is 19.9. The molecule has 2 N–H and O–H groups in total. The molecular weight excluding hydrogens is 360 g/mol. The molecule has 27 heavy (non-hydrogen) atoms. The van der Waals surface area contributed by atoms with E-state index in [0.717, 1.165) is 5.56 Å². The van der Waals surface area contributed by atoms with Crippen LogP contribution in [0.3, 0.4) is 0 Å². The fraction of sp³-hybridized carbons (Fsp3) is 0.350. The predicted molar refractivity (Wildman–Crippen MR) is 110 cm³/mol. The minimum Gasteiger partial charge on any atom is -0.357 e. The van der Waals surface area contributed by atoms with Crippen molar-refractivity contribution < 1.29 is 8.42 Å². The van der Waals surface area contributed by atoms with E-state index in [4.69, 9.17) is 0 Å². The van der Waals surface area contributed by atoms with Gasteiger partial charge in [0.25, 0.3) is 0 Å². The van der Waals surface area contributed by atoms with Crippen LogP contribution in [0.25, 0.3) is 0 Å². The third-order valence-electron chi connectivity index (χ3n) is 4.14. The molecule has 0 aliphatic heterocycles. The van der Waals surface area contributed by atoms with Gasteiger partial charge in [0.1, 0.15) is 0 Å². The van der Waals surface area contributed by atoms with Crippen LogP contribution in [0.15, 0.2) is 64.5 Å². The maximum atomic E-state index is 12.5. The molecule has 0 radical (unpaired) electrons. The first-order valence-corrected chi connectivity index (χ1v) is 10.4. The summed E-state index contributed by atoms with van der Waals surface area (Å²) in [6, 6.07) is 17.1. The van der Waals surface area contributed by atoms with Gasteiger partial charge in [-0.1, -0.05) is 48.5 Å². The first kappa shape index (κ1) is 20.9. The molecule has 0 aromatic heterocycles. The number of hydrogen-bond donors (Lipinski definition) is 2. The van der Waals surface area contributed by atoms with E-state index >= 15 is 0 Å². The van der Waals surface area contributed by atoms with Gasteiger partial charge in [-0.15, -0.1) is 0 Å². The second kappa shape index (κ2) is 9.53. The molecule has 1 atom stereocenters. The minimum atomic E-state index is -3.51. The standard InChI is InChI=1S/C20H28N4O2S/c1-5-21-20(23-16(2)17-11-7-6-8-12-17)22-15-18-13-9-10-14-19(18)27(25,26)24(3)4/h6-14,16H,5,15H2,1-4H3,(H2,21,22,23). The Morgan fingerprint density at radius 1 is 1.07 bits per heavy atom. The number of nitrogens with one attached hydrogen (secondary N) is 2. The van der Waals surface area contributed by atoms with E-state index in [2.05, 4.69) is 34.7 Å². The molecule has 6 nitrogen and oxygen atoms in total. The number of benzene rings is 2. The number of hydrogen-bond acceptors (Lipinski definition) is 3. The molecule has 146 valence electrons. The van der Waals surface area contributed by atoms with Crippen LogP contribution in [0.5, 0.6) is 0 Å². The van der Waals surface area contributed by atoms with Gasteiger partial charge in [-0.3, -0.25) is 0 Å². The van der Waals surface area contributed by atoms with Gasteiger partial charge in [0.15, 0.2) is 5.96 Å². The van der Waals surface area contributed by atoms with Crippen LogP contribution in [0.4, 0.5) is 0 Å². The summed E-state index contributed by atoms with van der Waals surface area (Å²) in [5.74, 6) is 0.644. The summed E-state index contributed by atoms with van der Waals surface area (Å²) < 4.78 is 26.3. The summed E-state index contributed by atoms with van der Waals surface area (Å²) in [7, 11) is -0.450. The number of guanidine groups is 1. The van der Waals surface area contributed by atoms with Crippen molar-refractivity contribution in [2.45, 2.75) is 31.3 Å². The Kier molecular flexibility index (Phi) is 7.38. The molecule has 0 heterocycles. The molecule has 0 aliphatic rings. The van der Waals surface area contributed by atoms with E-state index in [1.54, 1.807) is 18.2 Å². The third kappa shape index (κ3) is 5.55. The van der Waals surface area contributed by atoms with E-state index < -0.39 is 10.0 Å². The van der Waals surface area contributed by atoms with Gasteiger partial charge in [0.2, 0.25) is 10.0 Å². The molecular formula is C20H28N4O2S.